The molecular weight excluding hydrogens is 480 g/mol. The number of hydrogen-bond acceptors (Lipinski definition) is 4. The Morgan fingerprint density at radius 3 is 2.31 bits per heavy atom. The van der Waals surface area contributed by atoms with Gasteiger partial charge in [-0.2, -0.15) is 0 Å². The zero-order valence-electron chi connectivity index (χ0n) is 26.4. The van der Waals surface area contributed by atoms with Crippen LogP contribution >= 0.6 is 0 Å². The molecule has 4 heteroatoms. The molecule has 0 amide bonds. The average Bonchev–Trinajstić information content (AvgIpc) is 2.89. The third-order valence-corrected chi connectivity index (χ3v) is 6.32. The molecule has 216 valence electrons. The van der Waals surface area contributed by atoms with Crippen molar-refractivity contribution in [2.75, 3.05) is 20.2 Å². The summed E-state index contributed by atoms with van der Waals surface area (Å²) in [4.78, 5) is 7.02. The van der Waals surface area contributed by atoms with Crippen LogP contribution in [0.4, 0.5) is 0 Å². The number of aliphatic imine (C=N–C) groups is 1. The van der Waals surface area contributed by atoms with Gasteiger partial charge in [0.25, 0.3) is 0 Å². The van der Waals surface area contributed by atoms with Crippen LogP contribution in [-0.4, -0.2) is 36.9 Å². The van der Waals surface area contributed by atoms with Crippen LogP contribution in [-0.2, 0) is 11.2 Å². The molecule has 0 N–H and O–H groups in total. The van der Waals surface area contributed by atoms with E-state index in [-0.39, 0.29) is 0 Å². The van der Waals surface area contributed by atoms with E-state index in [1.165, 1.54) is 16.8 Å². The predicted octanol–water partition coefficient (Wildman–Crippen LogP) is 9.32. The molecule has 0 heterocycles. The van der Waals surface area contributed by atoms with Gasteiger partial charge in [0.1, 0.15) is 11.5 Å². The third kappa shape index (κ3) is 12.1. The van der Waals surface area contributed by atoms with E-state index >= 15 is 0 Å². The van der Waals surface area contributed by atoms with E-state index < -0.39 is 5.60 Å². The number of nitrogens with zero attached hydrogens (tertiary/aromatic N) is 2. The Balaban J connectivity index is 0.000000403. The Morgan fingerprint density at radius 1 is 1.10 bits per heavy atom. The summed E-state index contributed by atoms with van der Waals surface area (Å²) in [7, 11) is 2.17. The molecule has 1 aliphatic carbocycles. The van der Waals surface area contributed by atoms with Crippen molar-refractivity contribution in [1.82, 2.24) is 4.90 Å². The summed E-state index contributed by atoms with van der Waals surface area (Å²) in [6.07, 6.45) is 16.2. The third-order valence-electron chi connectivity index (χ3n) is 6.32. The van der Waals surface area contributed by atoms with Crippen LogP contribution in [0.15, 0.2) is 88.9 Å². The fourth-order valence-electron chi connectivity index (χ4n) is 4.05. The van der Waals surface area contributed by atoms with Gasteiger partial charge in [-0.05, 0) is 75.3 Å². The summed E-state index contributed by atoms with van der Waals surface area (Å²) in [5.41, 5.74) is 4.46. The van der Waals surface area contributed by atoms with Crippen molar-refractivity contribution in [2.24, 2.45) is 16.8 Å². The number of aryl methyl sites for hydroxylation is 1. The fourth-order valence-corrected chi connectivity index (χ4v) is 4.05. The van der Waals surface area contributed by atoms with E-state index in [9.17, 15) is 0 Å². The number of hydrogen-bond donors (Lipinski definition) is 0. The highest BCUT2D eigenvalue weighted by atomic mass is 16.5. The molecule has 0 saturated heterocycles. The summed E-state index contributed by atoms with van der Waals surface area (Å²) < 4.78 is 11.3. The lowest BCUT2D eigenvalue weighted by molar-refractivity contribution is 0.0642. The van der Waals surface area contributed by atoms with Crippen molar-refractivity contribution in [3.05, 3.63) is 89.5 Å². The van der Waals surface area contributed by atoms with Gasteiger partial charge in [-0.25, -0.2) is 0 Å². The minimum atomic E-state index is -0.510. The Hall–Kier alpha value is -3.01. The van der Waals surface area contributed by atoms with Gasteiger partial charge in [-0.3, -0.25) is 4.99 Å². The predicted molar refractivity (Wildman–Crippen MR) is 170 cm³/mol. The first-order valence-corrected chi connectivity index (χ1v) is 14.6. The zero-order valence-corrected chi connectivity index (χ0v) is 26.4. The van der Waals surface area contributed by atoms with E-state index in [2.05, 4.69) is 108 Å². The Bertz CT molecular complexity index is 1020. The second-order valence-electron chi connectivity index (χ2n) is 10.8. The van der Waals surface area contributed by atoms with Crippen LogP contribution in [0, 0.1) is 11.8 Å². The van der Waals surface area contributed by atoms with E-state index in [0.29, 0.717) is 24.2 Å². The molecule has 0 fully saturated rings. The minimum absolute atomic E-state index is 0.423. The smallest absolute Gasteiger partial charge is 0.159 e. The van der Waals surface area contributed by atoms with E-state index in [1.54, 1.807) is 0 Å². The topological polar surface area (TPSA) is 34.1 Å². The number of ether oxygens (including phenoxy) is 2. The molecular formula is C35H54N2O2. The van der Waals surface area contributed by atoms with Gasteiger partial charge in [-0.1, -0.05) is 84.6 Å². The summed E-state index contributed by atoms with van der Waals surface area (Å²) in [5, 5.41) is 0. The van der Waals surface area contributed by atoms with Crippen LogP contribution < -0.4 is 4.74 Å². The first-order valence-electron chi connectivity index (χ1n) is 14.6. The molecule has 0 bridgehead atoms. The van der Waals surface area contributed by atoms with Gasteiger partial charge in [0.05, 0.1) is 18.0 Å². The molecule has 2 rings (SSSR count). The SMILES string of the molecule is C=C(OCC)C(C)(C)Oc1ccc(CC)cc1.CCC=NC1=C/C(=C/C=C\CC)C(C)C=C1N(C)CC(C)C. The first kappa shape index (κ1) is 34.0. The monoisotopic (exact) mass is 534 g/mol. The molecule has 1 aliphatic rings. The number of allylic oxidation sites excluding steroid dienone is 6. The molecule has 39 heavy (non-hydrogen) atoms. The largest absolute Gasteiger partial charge is 0.495 e. The second kappa shape index (κ2) is 17.6. The zero-order chi connectivity index (χ0) is 29.4. The van der Waals surface area contributed by atoms with Crippen LogP contribution in [0.3, 0.4) is 0 Å². The molecule has 0 spiro atoms. The van der Waals surface area contributed by atoms with Crippen LogP contribution in [0.1, 0.15) is 80.7 Å². The maximum atomic E-state index is 5.89. The Kier molecular flexibility index (Phi) is 15.3. The lowest BCUT2D eigenvalue weighted by atomic mass is 9.92. The molecule has 0 saturated carbocycles. The van der Waals surface area contributed by atoms with Gasteiger partial charge in [0.15, 0.2) is 5.60 Å². The summed E-state index contributed by atoms with van der Waals surface area (Å²) >= 11 is 0. The number of rotatable bonds is 13. The summed E-state index contributed by atoms with van der Waals surface area (Å²) in [6.45, 7) is 24.6. The van der Waals surface area contributed by atoms with Crippen LogP contribution in [0.5, 0.6) is 5.75 Å². The van der Waals surface area contributed by atoms with Crippen molar-refractivity contribution in [1.29, 1.82) is 0 Å². The lowest BCUT2D eigenvalue weighted by Gasteiger charge is -2.29. The van der Waals surface area contributed by atoms with Gasteiger partial charge in [0.2, 0.25) is 0 Å². The highest BCUT2D eigenvalue weighted by Crippen LogP contribution is 2.30. The molecule has 4 nitrogen and oxygen atoms in total. The molecule has 0 aromatic heterocycles. The molecule has 1 aromatic carbocycles. The van der Waals surface area contributed by atoms with E-state index in [0.717, 1.165) is 37.3 Å². The molecule has 0 aliphatic heterocycles. The van der Waals surface area contributed by atoms with Gasteiger partial charge >= 0.3 is 0 Å². The molecule has 1 aromatic rings. The van der Waals surface area contributed by atoms with E-state index in [4.69, 9.17) is 9.47 Å². The van der Waals surface area contributed by atoms with Crippen LogP contribution in [0.25, 0.3) is 0 Å². The minimum Gasteiger partial charge on any atom is -0.495 e. The molecule has 1 atom stereocenters. The van der Waals surface area contributed by atoms with Crippen molar-refractivity contribution in [2.45, 2.75) is 87.2 Å². The van der Waals surface area contributed by atoms with Gasteiger partial charge in [0, 0.05) is 25.7 Å². The summed E-state index contributed by atoms with van der Waals surface area (Å²) in [6, 6.07) is 8.13. The number of benzene rings is 1. The normalized spacial score (nSPS) is 16.7. The quantitative estimate of drug-likeness (QED) is 0.187. The Labute approximate surface area is 239 Å². The van der Waals surface area contributed by atoms with Crippen LogP contribution in [0.2, 0.25) is 0 Å². The molecule has 1 unspecified atom stereocenters. The van der Waals surface area contributed by atoms with Crippen molar-refractivity contribution >= 4 is 6.21 Å². The van der Waals surface area contributed by atoms with Crippen molar-refractivity contribution in [3.63, 3.8) is 0 Å². The van der Waals surface area contributed by atoms with E-state index in [1.807, 2.05) is 39.1 Å². The summed E-state index contributed by atoms with van der Waals surface area (Å²) in [5.74, 6) is 2.56. The lowest BCUT2D eigenvalue weighted by Crippen LogP contribution is -2.31. The fraction of sp³-hybridized carbons (Fsp3) is 0.514. The highest BCUT2D eigenvalue weighted by molar-refractivity contribution is 5.61. The van der Waals surface area contributed by atoms with Crippen molar-refractivity contribution in [3.8, 4) is 5.75 Å². The number of likely N-dealkylation sites (N-methyl/N-ethyl adjacent to an activating group) is 1. The second-order valence-corrected chi connectivity index (χ2v) is 10.8. The van der Waals surface area contributed by atoms with Gasteiger partial charge < -0.3 is 14.4 Å². The maximum absolute atomic E-state index is 5.89. The van der Waals surface area contributed by atoms with Crippen molar-refractivity contribution < 1.29 is 9.47 Å². The Morgan fingerprint density at radius 2 is 1.77 bits per heavy atom. The van der Waals surface area contributed by atoms with Gasteiger partial charge in [-0.15, -0.1) is 0 Å². The standard InChI is InChI=1S/C20H32N2.C15H22O2/c1-7-9-10-11-18-14-19(21-12-8-2)20(13-17(18)5)22(6)15-16(3)4;1-6-13-8-10-14(11-9-13)17-15(4,5)12(3)16-7-2/h9-14,16-17H,7-8,15H2,1-6H3;8-11H,3,6-7H2,1-2,4-5H3/b10-9-,18-11-,21-12?;. The first-order chi connectivity index (χ1) is 18.5. The highest BCUT2D eigenvalue weighted by Gasteiger charge is 2.25. The molecule has 0 radical (unpaired) electrons. The average molecular weight is 535 g/mol. The maximum Gasteiger partial charge on any atom is 0.159 e.